The van der Waals surface area contributed by atoms with Gasteiger partial charge in [0.25, 0.3) is 0 Å². The highest BCUT2D eigenvalue weighted by Gasteiger charge is 2.27. The van der Waals surface area contributed by atoms with E-state index in [0.29, 0.717) is 11.7 Å². The summed E-state index contributed by atoms with van der Waals surface area (Å²) in [5, 5.41) is 0. The van der Waals surface area contributed by atoms with Gasteiger partial charge < -0.3 is 0 Å². The number of rotatable bonds is 6. The molecule has 1 aromatic rings. The Kier molecular flexibility index (Phi) is 4.43. The molecule has 2 heteroatoms. The van der Waals surface area contributed by atoms with Crippen LogP contribution < -0.4 is 0 Å². The van der Waals surface area contributed by atoms with Crippen LogP contribution in [-0.2, 0) is 4.79 Å². The molecule has 17 heavy (non-hydrogen) atoms. The summed E-state index contributed by atoms with van der Waals surface area (Å²) in [5.41, 5.74) is 2.46. The summed E-state index contributed by atoms with van der Waals surface area (Å²) in [6, 6.07) is 10.3. The largest absolute Gasteiger partial charge is 0.294 e. The van der Waals surface area contributed by atoms with Crippen molar-refractivity contribution in [2.75, 3.05) is 11.5 Å². The van der Waals surface area contributed by atoms with Gasteiger partial charge in [0.1, 0.15) is 0 Å². The highest BCUT2D eigenvalue weighted by atomic mass is 32.2. The van der Waals surface area contributed by atoms with Gasteiger partial charge in [-0.3, -0.25) is 4.79 Å². The predicted octanol–water partition coefficient (Wildman–Crippen LogP) is 3.80. The first-order valence-corrected chi connectivity index (χ1v) is 7.34. The Balaban J connectivity index is 2.12. The molecular formula is C15H18OS. The Morgan fingerprint density at radius 1 is 1.35 bits per heavy atom. The van der Waals surface area contributed by atoms with Crippen molar-refractivity contribution in [2.45, 2.75) is 19.8 Å². The lowest BCUT2D eigenvalue weighted by molar-refractivity contribution is -0.112. The molecule has 0 N–H and O–H groups in total. The molecule has 0 aliphatic heterocycles. The number of benzene rings is 1. The molecule has 90 valence electrons. The topological polar surface area (TPSA) is 17.1 Å². The Morgan fingerprint density at radius 3 is 2.65 bits per heavy atom. The summed E-state index contributed by atoms with van der Waals surface area (Å²) < 4.78 is 0. The van der Waals surface area contributed by atoms with E-state index in [1.807, 2.05) is 24.3 Å². The highest BCUT2D eigenvalue weighted by Crippen LogP contribution is 2.41. The van der Waals surface area contributed by atoms with Crippen molar-refractivity contribution in [1.29, 1.82) is 0 Å². The fourth-order valence-electron chi connectivity index (χ4n) is 1.88. The van der Waals surface area contributed by atoms with Crippen molar-refractivity contribution in [2.24, 2.45) is 5.92 Å². The van der Waals surface area contributed by atoms with Gasteiger partial charge in [0.2, 0.25) is 0 Å². The zero-order chi connectivity index (χ0) is 12.1. The van der Waals surface area contributed by atoms with Crippen LogP contribution in [0, 0.1) is 5.92 Å². The van der Waals surface area contributed by atoms with Crippen LogP contribution in [0.3, 0.4) is 0 Å². The maximum absolute atomic E-state index is 11.8. The van der Waals surface area contributed by atoms with Gasteiger partial charge in [-0.25, -0.2) is 0 Å². The van der Waals surface area contributed by atoms with E-state index >= 15 is 0 Å². The van der Waals surface area contributed by atoms with Crippen LogP contribution in [0.15, 0.2) is 36.4 Å². The van der Waals surface area contributed by atoms with Crippen LogP contribution in [0.4, 0.5) is 0 Å². The number of thioether (sulfide) groups is 1. The summed E-state index contributed by atoms with van der Waals surface area (Å²) in [6.07, 6.45) is 4.33. The standard InChI is InChI=1S/C15H18OS/c1-2-17-11-14(16)10-15(13-8-9-13)12-6-4-3-5-7-12/h3-7,10,13H,2,8-9,11H2,1H3/b15-10-. The summed E-state index contributed by atoms with van der Waals surface area (Å²) in [6.45, 7) is 2.08. The SMILES string of the molecule is CCSCC(=O)/C=C(/c1ccccc1)C1CC1. The first kappa shape index (κ1) is 12.4. The van der Waals surface area contributed by atoms with Crippen LogP contribution in [0.25, 0.3) is 5.57 Å². The molecule has 1 aromatic carbocycles. The number of hydrogen-bond acceptors (Lipinski definition) is 2. The minimum atomic E-state index is 0.252. The molecule has 1 nitrogen and oxygen atoms in total. The van der Waals surface area contributed by atoms with Gasteiger partial charge in [0.05, 0.1) is 5.75 Å². The number of ketones is 1. The van der Waals surface area contributed by atoms with Gasteiger partial charge >= 0.3 is 0 Å². The molecule has 0 spiro atoms. The quantitative estimate of drug-likeness (QED) is 0.710. The molecule has 0 aromatic heterocycles. The maximum atomic E-state index is 11.8. The molecule has 0 atom stereocenters. The second kappa shape index (κ2) is 6.06. The molecule has 0 heterocycles. The number of hydrogen-bond donors (Lipinski definition) is 0. The van der Waals surface area contributed by atoms with Gasteiger partial charge in [-0.1, -0.05) is 37.3 Å². The fourth-order valence-corrected chi connectivity index (χ4v) is 2.37. The minimum Gasteiger partial charge on any atom is -0.294 e. The van der Waals surface area contributed by atoms with Crippen molar-refractivity contribution in [3.8, 4) is 0 Å². The molecular weight excluding hydrogens is 228 g/mol. The first-order valence-electron chi connectivity index (χ1n) is 6.19. The smallest absolute Gasteiger partial charge is 0.165 e. The monoisotopic (exact) mass is 246 g/mol. The average Bonchev–Trinajstić information content (AvgIpc) is 3.19. The second-order valence-electron chi connectivity index (χ2n) is 4.34. The molecule has 0 unspecified atom stereocenters. The number of allylic oxidation sites excluding steroid dienone is 2. The third-order valence-electron chi connectivity index (χ3n) is 2.89. The van der Waals surface area contributed by atoms with E-state index in [-0.39, 0.29) is 5.78 Å². The van der Waals surface area contributed by atoms with Crippen LogP contribution >= 0.6 is 11.8 Å². The first-order chi connectivity index (χ1) is 8.31. The molecule has 1 fully saturated rings. The van der Waals surface area contributed by atoms with E-state index in [1.165, 1.54) is 24.0 Å². The minimum absolute atomic E-state index is 0.252. The van der Waals surface area contributed by atoms with Crippen molar-refractivity contribution in [3.63, 3.8) is 0 Å². The molecule has 1 aliphatic carbocycles. The lowest BCUT2D eigenvalue weighted by atomic mass is 10.0. The Bertz CT molecular complexity index is 404. The van der Waals surface area contributed by atoms with Crippen molar-refractivity contribution >= 4 is 23.1 Å². The van der Waals surface area contributed by atoms with Gasteiger partial charge in [-0.05, 0) is 41.7 Å². The molecule has 1 saturated carbocycles. The normalized spacial score (nSPS) is 15.9. The second-order valence-corrected chi connectivity index (χ2v) is 5.62. The van der Waals surface area contributed by atoms with E-state index in [0.717, 1.165) is 5.75 Å². The molecule has 0 amide bonds. The lowest BCUT2D eigenvalue weighted by Gasteiger charge is -2.05. The van der Waals surface area contributed by atoms with E-state index < -0.39 is 0 Å². The van der Waals surface area contributed by atoms with Crippen LogP contribution in [-0.4, -0.2) is 17.3 Å². The summed E-state index contributed by atoms with van der Waals surface area (Å²) >= 11 is 1.69. The zero-order valence-corrected chi connectivity index (χ0v) is 11.0. The number of carbonyl (C=O) groups is 1. The molecule has 0 bridgehead atoms. The van der Waals surface area contributed by atoms with Gasteiger partial charge in [-0.2, -0.15) is 11.8 Å². The van der Waals surface area contributed by atoms with Crippen LogP contribution in [0.1, 0.15) is 25.3 Å². The third kappa shape index (κ3) is 3.74. The van der Waals surface area contributed by atoms with Crippen LogP contribution in [0.2, 0.25) is 0 Å². The Morgan fingerprint density at radius 2 is 2.06 bits per heavy atom. The van der Waals surface area contributed by atoms with Gasteiger partial charge in [-0.15, -0.1) is 0 Å². The third-order valence-corrected chi connectivity index (χ3v) is 3.79. The number of carbonyl (C=O) groups excluding carboxylic acids is 1. The molecule has 2 rings (SSSR count). The molecule has 0 saturated heterocycles. The zero-order valence-electron chi connectivity index (χ0n) is 10.2. The fraction of sp³-hybridized carbons (Fsp3) is 0.400. The van der Waals surface area contributed by atoms with E-state index in [9.17, 15) is 4.79 Å². The van der Waals surface area contributed by atoms with Crippen molar-refractivity contribution in [3.05, 3.63) is 42.0 Å². The molecule has 1 aliphatic rings. The predicted molar refractivity (Wildman–Crippen MR) is 75.1 cm³/mol. The van der Waals surface area contributed by atoms with Crippen LogP contribution in [0.5, 0.6) is 0 Å². The van der Waals surface area contributed by atoms with Crippen molar-refractivity contribution in [1.82, 2.24) is 0 Å². The van der Waals surface area contributed by atoms with E-state index in [4.69, 9.17) is 0 Å². The van der Waals surface area contributed by atoms with Crippen molar-refractivity contribution < 1.29 is 4.79 Å². The summed E-state index contributed by atoms with van der Waals surface area (Å²) in [7, 11) is 0. The van der Waals surface area contributed by atoms with Gasteiger partial charge in [0, 0.05) is 0 Å². The van der Waals surface area contributed by atoms with E-state index in [2.05, 4.69) is 19.1 Å². The molecule has 0 radical (unpaired) electrons. The summed E-state index contributed by atoms with van der Waals surface area (Å²) in [5.74, 6) is 2.49. The van der Waals surface area contributed by atoms with E-state index in [1.54, 1.807) is 11.8 Å². The lowest BCUT2D eigenvalue weighted by Crippen LogP contribution is -2.00. The average molecular weight is 246 g/mol. The maximum Gasteiger partial charge on any atom is 0.165 e. The highest BCUT2D eigenvalue weighted by molar-refractivity contribution is 7.99. The Hall–Kier alpha value is -1.02. The Labute approximate surface area is 107 Å². The van der Waals surface area contributed by atoms with Gasteiger partial charge in [0.15, 0.2) is 5.78 Å². The summed E-state index contributed by atoms with van der Waals surface area (Å²) in [4.78, 5) is 11.8.